The van der Waals surface area contributed by atoms with Gasteiger partial charge in [0.1, 0.15) is 0 Å². The number of nitrogens with zero attached hydrogens (tertiary/aromatic N) is 2. The zero-order chi connectivity index (χ0) is 9.68. The van der Waals surface area contributed by atoms with Gasteiger partial charge in [-0.05, 0) is 18.6 Å². The minimum atomic E-state index is 0.436. The van der Waals surface area contributed by atoms with Gasteiger partial charge in [-0.25, -0.2) is 4.68 Å². The van der Waals surface area contributed by atoms with Crippen LogP contribution in [-0.4, -0.2) is 28.1 Å². The molecular formula is C7H14N4OS. The third-order valence-electron chi connectivity index (χ3n) is 1.60. The molecule has 0 radical (unpaired) electrons. The fourth-order valence-corrected chi connectivity index (χ4v) is 1.07. The Morgan fingerprint density at radius 3 is 2.92 bits per heavy atom. The maximum absolute atomic E-state index is 5.58. The van der Waals surface area contributed by atoms with Crippen molar-refractivity contribution in [1.82, 2.24) is 14.9 Å². The Morgan fingerprint density at radius 1 is 1.62 bits per heavy atom. The molecule has 0 aliphatic carbocycles. The molecule has 0 saturated carbocycles. The normalized spacial score (nSPS) is 10.5. The summed E-state index contributed by atoms with van der Waals surface area (Å²) in [7, 11) is 0. The third-order valence-corrected chi connectivity index (χ3v) is 1.88. The fourth-order valence-electron chi connectivity index (χ4n) is 0.924. The Balaban J connectivity index is 2.37. The van der Waals surface area contributed by atoms with Crippen molar-refractivity contribution in [3.8, 4) is 0 Å². The van der Waals surface area contributed by atoms with Crippen LogP contribution in [0.3, 0.4) is 0 Å². The minimum absolute atomic E-state index is 0.436. The van der Waals surface area contributed by atoms with Crippen molar-refractivity contribution in [3.05, 3.63) is 10.6 Å². The first-order chi connectivity index (χ1) is 6.25. The highest BCUT2D eigenvalue weighted by atomic mass is 32.1. The first kappa shape index (κ1) is 10.2. The van der Waals surface area contributed by atoms with Crippen LogP contribution in [0.5, 0.6) is 0 Å². The van der Waals surface area contributed by atoms with E-state index in [-0.39, 0.29) is 0 Å². The standard InChI is InChI=1S/C7H14N4OS/c1-2-4-12-5-3-6-9-10-7(13)11(6)8/h2-5,8H2,1H3,(H,10,13). The van der Waals surface area contributed by atoms with Crippen LogP contribution in [0.1, 0.15) is 19.2 Å². The molecule has 74 valence electrons. The van der Waals surface area contributed by atoms with Crippen molar-refractivity contribution in [2.75, 3.05) is 19.1 Å². The van der Waals surface area contributed by atoms with Crippen molar-refractivity contribution in [2.24, 2.45) is 0 Å². The van der Waals surface area contributed by atoms with E-state index in [1.807, 2.05) is 0 Å². The van der Waals surface area contributed by atoms with Gasteiger partial charge in [0.05, 0.1) is 6.61 Å². The summed E-state index contributed by atoms with van der Waals surface area (Å²) >= 11 is 4.85. The third kappa shape index (κ3) is 2.82. The highest BCUT2D eigenvalue weighted by molar-refractivity contribution is 7.71. The van der Waals surface area contributed by atoms with E-state index in [1.165, 1.54) is 4.68 Å². The molecule has 0 aromatic carbocycles. The van der Waals surface area contributed by atoms with Crippen LogP contribution in [0.2, 0.25) is 0 Å². The number of rotatable bonds is 5. The Kier molecular flexibility index (Phi) is 3.91. The minimum Gasteiger partial charge on any atom is -0.381 e. The van der Waals surface area contributed by atoms with Crippen LogP contribution in [0, 0.1) is 4.77 Å². The molecule has 0 aliphatic rings. The molecule has 1 heterocycles. The summed E-state index contributed by atoms with van der Waals surface area (Å²) in [6.07, 6.45) is 1.71. The maximum atomic E-state index is 5.58. The van der Waals surface area contributed by atoms with Gasteiger partial charge in [-0.2, -0.15) is 5.10 Å². The van der Waals surface area contributed by atoms with Crippen LogP contribution >= 0.6 is 12.2 Å². The van der Waals surface area contributed by atoms with Crippen LogP contribution in [-0.2, 0) is 11.2 Å². The summed E-state index contributed by atoms with van der Waals surface area (Å²) < 4.78 is 7.10. The van der Waals surface area contributed by atoms with Crippen molar-refractivity contribution >= 4 is 12.2 Å². The SMILES string of the molecule is CCCOCCc1n[nH]c(=S)n1N. The van der Waals surface area contributed by atoms with Crippen LogP contribution in [0.15, 0.2) is 0 Å². The molecule has 1 aromatic rings. The van der Waals surface area contributed by atoms with Crippen LogP contribution in [0.4, 0.5) is 0 Å². The Morgan fingerprint density at radius 2 is 2.38 bits per heavy atom. The van der Waals surface area contributed by atoms with Gasteiger partial charge >= 0.3 is 0 Å². The van der Waals surface area contributed by atoms with Gasteiger partial charge in [0.15, 0.2) is 5.82 Å². The molecule has 0 unspecified atom stereocenters. The second-order valence-corrected chi connectivity index (χ2v) is 3.06. The molecule has 6 heteroatoms. The maximum Gasteiger partial charge on any atom is 0.214 e. The highest BCUT2D eigenvalue weighted by Gasteiger charge is 2.01. The number of hydrogen-bond acceptors (Lipinski definition) is 4. The summed E-state index contributed by atoms with van der Waals surface area (Å²) in [6.45, 7) is 3.47. The number of nitrogen functional groups attached to an aromatic ring is 1. The molecule has 0 aliphatic heterocycles. The molecule has 1 rings (SSSR count). The lowest BCUT2D eigenvalue weighted by Crippen LogP contribution is -2.14. The van der Waals surface area contributed by atoms with E-state index in [4.69, 9.17) is 22.8 Å². The van der Waals surface area contributed by atoms with E-state index in [0.29, 0.717) is 17.8 Å². The van der Waals surface area contributed by atoms with Gasteiger partial charge in [0, 0.05) is 13.0 Å². The van der Waals surface area contributed by atoms with Crippen molar-refractivity contribution < 1.29 is 4.74 Å². The number of nitrogens with one attached hydrogen (secondary N) is 1. The van der Waals surface area contributed by atoms with E-state index in [9.17, 15) is 0 Å². The van der Waals surface area contributed by atoms with Gasteiger partial charge in [0.2, 0.25) is 4.77 Å². The lowest BCUT2D eigenvalue weighted by Gasteiger charge is -2.01. The van der Waals surface area contributed by atoms with E-state index >= 15 is 0 Å². The molecule has 13 heavy (non-hydrogen) atoms. The highest BCUT2D eigenvalue weighted by Crippen LogP contribution is 1.94. The van der Waals surface area contributed by atoms with E-state index < -0.39 is 0 Å². The van der Waals surface area contributed by atoms with E-state index in [0.717, 1.165) is 18.9 Å². The topological polar surface area (TPSA) is 68.9 Å². The van der Waals surface area contributed by atoms with Gasteiger partial charge in [-0.3, -0.25) is 5.10 Å². The van der Waals surface area contributed by atoms with Gasteiger partial charge in [0.25, 0.3) is 0 Å². The summed E-state index contributed by atoms with van der Waals surface area (Å²) in [5, 5.41) is 6.57. The van der Waals surface area contributed by atoms with Gasteiger partial charge in [-0.15, -0.1) is 0 Å². The second-order valence-electron chi connectivity index (χ2n) is 2.68. The number of ether oxygens (including phenoxy) is 1. The molecular weight excluding hydrogens is 188 g/mol. The van der Waals surface area contributed by atoms with Crippen molar-refractivity contribution in [2.45, 2.75) is 19.8 Å². The lowest BCUT2D eigenvalue weighted by atomic mass is 10.4. The lowest BCUT2D eigenvalue weighted by molar-refractivity contribution is 0.136. The average molecular weight is 202 g/mol. The molecule has 0 bridgehead atoms. The number of aromatic nitrogens is 3. The fraction of sp³-hybridized carbons (Fsp3) is 0.714. The second kappa shape index (κ2) is 4.98. The monoisotopic (exact) mass is 202 g/mol. The number of nitrogens with two attached hydrogens (primary N) is 1. The summed E-state index contributed by atoms with van der Waals surface area (Å²) in [6, 6.07) is 0. The predicted molar refractivity (Wildman–Crippen MR) is 52.4 cm³/mol. The number of aromatic amines is 1. The van der Waals surface area contributed by atoms with E-state index in [2.05, 4.69) is 17.1 Å². The van der Waals surface area contributed by atoms with Crippen LogP contribution in [0.25, 0.3) is 0 Å². The largest absolute Gasteiger partial charge is 0.381 e. The number of H-pyrrole nitrogens is 1. The van der Waals surface area contributed by atoms with Crippen molar-refractivity contribution in [3.63, 3.8) is 0 Å². The Labute approximate surface area is 81.9 Å². The Hall–Kier alpha value is -0.880. The molecule has 0 spiro atoms. The predicted octanol–water partition coefficient (Wildman–Crippen LogP) is 0.624. The molecule has 0 amide bonds. The molecule has 0 fully saturated rings. The van der Waals surface area contributed by atoms with Gasteiger partial charge < -0.3 is 10.6 Å². The smallest absolute Gasteiger partial charge is 0.214 e. The molecule has 0 saturated heterocycles. The van der Waals surface area contributed by atoms with Gasteiger partial charge in [-0.1, -0.05) is 6.92 Å². The van der Waals surface area contributed by atoms with Crippen molar-refractivity contribution in [1.29, 1.82) is 0 Å². The van der Waals surface area contributed by atoms with E-state index in [1.54, 1.807) is 0 Å². The average Bonchev–Trinajstić information content (AvgIpc) is 2.43. The quantitative estimate of drug-likeness (QED) is 0.417. The molecule has 0 atom stereocenters. The molecule has 5 nitrogen and oxygen atoms in total. The zero-order valence-corrected chi connectivity index (χ0v) is 8.43. The zero-order valence-electron chi connectivity index (χ0n) is 7.62. The first-order valence-corrected chi connectivity index (χ1v) is 4.65. The summed E-state index contributed by atoms with van der Waals surface area (Å²) in [4.78, 5) is 0. The molecule has 1 aromatic heterocycles. The summed E-state index contributed by atoms with van der Waals surface area (Å²) in [5.74, 6) is 6.30. The Bertz CT molecular complexity index is 306. The van der Waals surface area contributed by atoms with Crippen LogP contribution < -0.4 is 5.84 Å². The molecule has 3 N–H and O–H groups in total. The first-order valence-electron chi connectivity index (χ1n) is 4.24. The summed E-state index contributed by atoms with van der Waals surface area (Å²) in [5.41, 5.74) is 0. The number of hydrogen-bond donors (Lipinski definition) is 2.